The number of hydrogen-bond acceptors (Lipinski definition) is 3. The lowest BCUT2D eigenvalue weighted by Gasteiger charge is -2.03. The molecule has 17 heavy (non-hydrogen) atoms. The Morgan fingerprint density at radius 1 is 1.06 bits per heavy atom. The Balaban J connectivity index is 2.56. The Kier molecular flexibility index (Phi) is 3.30. The third-order valence-corrected chi connectivity index (χ3v) is 3.17. The highest BCUT2D eigenvalue weighted by Crippen LogP contribution is 2.09. The van der Waals surface area contributed by atoms with Crippen molar-refractivity contribution in [3.63, 3.8) is 0 Å². The lowest BCUT2D eigenvalue weighted by molar-refractivity contribution is 0.179. The molecule has 5 heteroatoms. The molecule has 0 aliphatic carbocycles. The van der Waals surface area contributed by atoms with E-state index in [0.29, 0.717) is 16.7 Å². The fourth-order valence-electron chi connectivity index (χ4n) is 1.66. The molecule has 2 rings (SSSR count). The van der Waals surface area contributed by atoms with Gasteiger partial charge in [-0.1, -0.05) is 36.4 Å². The molecule has 0 aliphatic heterocycles. The summed E-state index contributed by atoms with van der Waals surface area (Å²) in [7, 11) is -2.46. The summed E-state index contributed by atoms with van der Waals surface area (Å²) in [6, 6.07) is 12.8. The molecule has 0 bridgehead atoms. The molecule has 0 saturated carbocycles. The first kappa shape index (κ1) is 11.5. The molecule has 1 aromatic heterocycles. The van der Waals surface area contributed by atoms with Crippen molar-refractivity contribution in [2.75, 3.05) is 0 Å². The van der Waals surface area contributed by atoms with Crippen molar-refractivity contribution >= 4 is 10.3 Å². The molecule has 0 amide bonds. The molecular weight excluding hydrogens is 238 g/mol. The number of benzene rings is 1. The predicted octanol–water partition coefficient (Wildman–Crippen LogP) is 1.73. The van der Waals surface area contributed by atoms with Crippen LogP contribution in [0.15, 0.2) is 48.7 Å². The first-order chi connectivity index (χ1) is 8.18. The van der Waals surface area contributed by atoms with Crippen LogP contribution in [0.1, 0.15) is 11.1 Å². The smallest absolute Gasteiger partial charge is 0.242 e. The van der Waals surface area contributed by atoms with Gasteiger partial charge in [0.2, 0.25) is 14.9 Å². The van der Waals surface area contributed by atoms with Gasteiger partial charge in [0.1, 0.15) is 0 Å². The zero-order valence-corrected chi connectivity index (χ0v) is 9.76. The quantitative estimate of drug-likeness (QED) is 0.651. The van der Waals surface area contributed by atoms with Gasteiger partial charge in [0, 0.05) is 12.6 Å². The lowest BCUT2D eigenvalue weighted by Crippen LogP contribution is -2.01. The van der Waals surface area contributed by atoms with Gasteiger partial charge in [-0.3, -0.25) is 0 Å². The molecule has 0 fully saturated rings. The van der Waals surface area contributed by atoms with Crippen LogP contribution in [0.5, 0.6) is 0 Å². The van der Waals surface area contributed by atoms with E-state index in [9.17, 15) is 13.6 Å². The maximum atomic E-state index is 11.1. The summed E-state index contributed by atoms with van der Waals surface area (Å²) in [6.45, 7) is 0. The minimum Gasteiger partial charge on any atom is -0.427 e. The van der Waals surface area contributed by atoms with Gasteiger partial charge >= 0.3 is 0 Å². The molecular formula is C12H11NO3S. The van der Waals surface area contributed by atoms with E-state index in [1.54, 1.807) is 12.1 Å². The molecule has 0 spiro atoms. The summed E-state index contributed by atoms with van der Waals surface area (Å²) in [5, 5.41) is 9.46. The van der Waals surface area contributed by atoms with Crippen LogP contribution < -0.4 is 0 Å². The second kappa shape index (κ2) is 4.88. The Morgan fingerprint density at radius 3 is 2.41 bits per heavy atom. The van der Waals surface area contributed by atoms with Gasteiger partial charge in [-0.25, -0.2) is 0 Å². The Hall–Kier alpha value is -2.01. The molecule has 1 heterocycles. The number of hydrogen-bond donors (Lipinski definition) is 1. The summed E-state index contributed by atoms with van der Waals surface area (Å²) in [4.78, 5) is 0. The molecule has 0 saturated heterocycles. The number of pyridine rings is 1. The molecule has 0 radical (unpaired) electrons. The van der Waals surface area contributed by atoms with E-state index in [0.717, 1.165) is 5.56 Å². The van der Waals surface area contributed by atoms with Crippen LogP contribution in [0.4, 0.5) is 0 Å². The molecule has 2 aromatic rings. The zero-order chi connectivity index (χ0) is 12.3. The van der Waals surface area contributed by atoms with Crippen LogP contribution in [0, 0.1) is 4.64 Å². The number of rotatable bonds is 2. The molecule has 88 valence electrons. The van der Waals surface area contributed by atoms with Crippen LogP contribution in [0.3, 0.4) is 0 Å². The summed E-state index contributed by atoms with van der Waals surface area (Å²) in [6.07, 6.45) is 1.76. The fourth-order valence-corrected chi connectivity index (χ4v) is 2.23. The topological polar surface area (TPSA) is 59.3 Å². The van der Waals surface area contributed by atoms with Gasteiger partial charge < -0.3 is 5.21 Å². The van der Waals surface area contributed by atoms with Crippen LogP contribution in [0.25, 0.3) is 0 Å². The van der Waals surface area contributed by atoms with Crippen LogP contribution in [-0.2, 0) is 16.7 Å². The second-order valence-corrected chi connectivity index (χ2v) is 4.44. The van der Waals surface area contributed by atoms with E-state index in [-0.39, 0.29) is 4.64 Å². The maximum absolute atomic E-state index is 11.1. The minimum atomic E-state index is -2.46. The minimum absolute atomic E-state index is 0.101. The van der Waals surface area contributed by atoms with E-state index in [1.165, 1.54) is 6.20 Å². The van der Waals surface area contributed by atoms with E-state index in [1.807, 2.05) is 30.3 Å². The zero-order valence-electron chi connectivity index (χ0n) is 8.95. The predicted molar refractivity (Wildman–Crippen MR) is 63.0 cm³/mol. The van der Waals surface area contributed by atoms with Crippen molar-refractivity contribution in [2.24, 2.45) is 0 Å². The lowest BCUT2D eigenvalue weighted by atomic mass is 10.1. The number of nitrogens with zero attached hydrogens (tertiary/aromatic N) is 1. The average Bonchev–Trinajstić information content (AvgIpc) is 2.30. The van der Waals surface area contributed by atoms with E-state index < -0.39 is 10.3 Å². The normalized spacial score (nSPS) is 10.1. The highest BCUT2D eigenvalue weighted by atomic mass is 32.2. The first-order valence-corrected chi connectivity index (χ1v) is 6.12. The van der Waals surface area contributed by atoms with Gasteiger partial charge in [-0.15, -0.1) is 0 Å². The van der Waals surface area contributed by atoms with Crippen LogP contribution >= 0.6 is 0 Å². The van der Waals surface area contributed by atoms with Crippen molar-refractivity contribution in [3.05, 3.63) is 64.4 Å². The summed E-state index contributed by atoms with van der Waals surface area (Å²) < 4.78 is 22.6. The van der Waals surface area contributed by atoms with Crippen molar-refractivity contribution in [1.82, 2.24) is 4.73 Å². The highest BCUT2D eigenvalue weighted by Gasteiger charge is 2.03. The van der Waals surface area contributed by atoms with Gasteiger partial charge in [0.25, 0.3) is 0 Å². The molecule has 0 aliphatic rings. The average molecular weight is 249 g/mol. The van der Waals surface area contributed by atoms with Crippen molar-refractivity contribution in [1.29, 1.82) is 0 Å². The van der Waals surface area contributed by atoms with Crippen LogP contribution in [-0.4, -0.2) is 18.4 Å². The first-order valence-electron chi connectivity index (χ1n) is 5.04. The molecule has 4 nitrogen and oxygen atoms in total. The number of aromatic nitrogens is 1. The monoisotopic (exact) mass is 249 g/mol. The highest BCUT2D eigenvalue weighted by molar-refractivity contribution is 7.63. The standard InChI is InChI=1S/C12H11NO3S/c14-13-8-4-7-11(12(13)17(15)16)9-10-5-2-1-3-6-10/h1-8,14H,9H2. The third kappa shape index (κ3) is 2.57. The van der Waals surface area contributed by atoms with Crippen molar-refractivity contribution in [2.45, 2.75) is 6.42 Å². The Labute approximate surface area is 99.9 Å². The van der Waals surface area contributed by atoms with Gasteiger partial charge in [-0.05, 0) is 17.2 Å². The van der Waals surface area contributed by atoms with Gasteiger partial charge in [0.05, 0.1) is 0 Å². The Morgan fingerprint density at radius 2 is 1.76 bits per heavy atom. The summed E-state index contributed by atoms with van der Waals surface area (Å²) in [5.41, 5.74) is 1.56. The molecule has 1 N–H and O–H groups in total. The maximum Gasteiger partial charge on any atom is 0.242 e. The van der Waals surface area contributed by atoms with Crippen LogP contribution in [0.2, 0.25) is 0 Å². The SMILES string of the molecule is O=S(=O)=c1c(Cc2ccccc2)cccn1O. The molecule has 0 atom stereocenters. The fraction of sp³-hybridized carbons (Fsp3) is 0.0833. The summed E-state index contributed by atoms with van der Waals surface area (Å²) >= 11 is 0. The van der Waals surface area contributed by atoms with Gasteiger partial charge in [-0.2, -0.15) is 13.1 Å². The van der Waals surface area contributed by atoms with Gasteiger partial charge in [0.15, 0.2) is 0 Å². The van der Waals surface area contributed by atoms with E-state index >= 15 is 0 Å². The third-order valence-electron chi connectivity index (χ3n) is 2.40. The van der Waals surface area contributed by atoms with E-state index in [2.05, 4.69) is 0 Å². The Bertz CT molecular complexity index is 679. The molecule has 1 aromatic carbocycles. The second-order valence-electron chi connectivity index (χ2n) is 3.58. The van der Waals surface area contributed by atoms with Crippen molar-refractivity contribution < 1.29 is 13.6 Å². The molecule has 0 unspecified atom stereocenters. The summed E-state index contributed by atoms with van der Waals surface area (Å²) in [5.74, 6) is 0. The largest absolute Gasteiger partial charge is 0.427 e. The van der Waals surface area contributed by atoms with E-state index in [4.69, 9.17) is 0 Å². The van der Waals surface area contributed by atoms with Crippen molar-refractivity contribution in [3.8, 4) is 0 Å².